The van der Waals surface area contributed by atoms with Crippen LogP contribution in [0.1, 0.15) is 76.3 Å². The summed E-state index contributed by atoms with van der Waals surface area (Å²) in [5.41, 5.74) is 3.08. The highest BCUT2D eigenvalue weighted by Gasteiger charge is 2.03. The predicted octanol–water partition coefficient (Wildman–Crippen LogP) is 7.97. The van der Waals surface area contributed by atoms with Gasteiger partial charge in [0.1, 0.15) is 11.5 Å². The van der Waals surface area contributed by atoms with Gasteiger partial charge in [0, 0.05) is 11.1 Å². The maximum atomic E-state index is 11.3. The van der Waals surface area contributed by atoms with Crippen molar-refractivity contribution in [2.24, 2.45) is 0 Å². The van der Waals surface area contributed by atoms with Gasteiger partial charge in [0.25, 0.3) is 0 Å². The summed E-state index contributed by atoms with van der Waals surface area (Å²) >= 11 is 0. The summed E-state index contributed by atoms with van der Waals surface area (Å²) in [6.45, 7) is 12.7. The molecule has 0 spiro atoms. The molecule has 0 aliphatic carbocycles. The van der Waals surface area contributed by atoms with Gasteiger partial charge in [-0.1, -0.05) is 49.6 Å². The van der Waals surface area contributed by atoms with E-state index in [-0.39, 0.29) is 11.9 Å². The number of esters is 2. The van der Waals surface area contributed by atoms with Crippen molar-refractivity contribution >= 4 is 24.1 Å². The van der Waals surface area contributed by atoms with E-state index in [9.17, 15) is 9.59 Å². The highest BCUT2D eigenvalue weighted by atomic mass is 16.5. The lowest BCUT2D eigenvalue weighted by molar-refractivity contribution is -0.139. The molecule has 0 unspecified atom stereocenters. The highest BCUT2D eigenvalue weighted by molar-refractivity contribution is 5.87. The van der Waals surface area contributed by atoms with Crippen molar-refractivity contribution < 1.29 is 28.5 Å². The summed E-state index contributed by atoms with van der Waals surface area (Å²) in [4.78, 5) is 22.6. The normalized spacial score (nSPS) is 10.8. The molecule has 0 aliphatic rings. The quantitative estimate of drug-likeness (QED) is 0.0723. The van der Waals surface area contributed by atoms with Crippen LogP contribution in [-0.4, -0.2) is 38.4 Å². The second-order valence-electron chi connectivity index (χ2n) is 9.83. The molecule has 0 amide bonds. The molecular formula is C34H44O6. The Balaban J connectivity index is 1.56. The standard InChI is InChI=1S/C34H44O6/c1-27(2)33(35)39-25-11-7-5-9-23-37-31-19-15-29(16-20-31)13-14-30-17-21-32(22-18-30)38-24-10-6-8-12-26-40-34(36)28(3)4/h13-22H,1,3,5-12,23-26H2,2,4H3/b14-13+. The molecule has 0 heterocycles. The zero-order valence-electron chi connectivity index (χ0n) is 24.1. The molecule has 0 N–H and O–H groups in total. The van der Waals surface area contributed by atoms with Crippen LogP contribution in [0, 0.1) is 0 Å². The molecule has 40 heavy (non-hydrogen) atoms. The molecule has 2 aromatic rings. The van der Waals surface area contributed by atoms with Crippen LogP contribution in [0.25, 0.3) is 12.2 Å². The van der Waals surface area contributed by atoms with Gasteiger partial charge < -0.3 is 18.9 Å². The lowest BCUT2D eigenvalue weighted by Gasteiger charge is -2.07. The summed E-state index contributed by atoms with van der Waals surface area (Å²) in [7, 11) is 0. The highest BCUT2D eigenvalue weighted by Crippen LogP contribution is 2.18. The maximum absolute atomic E-state index is 11.3. The largest absolute Gasteiger partial charge is 0.494 e. The third kappa shape index (κ3) is 14.4. The zero-order valence-corrected chi connectivity index (χ0v) is 24.1. The van der Waals surface area contributed by atoms with Crippen molar-refractivity contribution in [3.63, 3.8) is 0 Å². The molecule has 0 atom stereocenters. The van der Waals surface area contributed by atoms with E-state index in [2.05, 4.69) is 25.3 Å². The van der Waals surface area contributed by atoms with E-state index < -0.39 is 0 Å². The Kier molecular flexibility index (Phi) is 15.6. The molecule has 0 saturated heterocycles. The molecule has 0 bridgehead atoms. The molecule has 6 nitrogen and oxygen atoms in total. The van der Waals surface area contributed by atoms with E-state index in [4.69, 9.17) is 18.9 Å². The maximum Gasteiger partial charge on any atom is 0.333 e. The first-order valence-electron chi connectivity index (χ1n) is 14.1. The fraction of sp³-hybridized carbons (Fsp3) is 0.412. The Morgan fingerprint density at radius 1 is 0.550 bits per heavy atom. The molecule has 216 valence electrons. The van der Waals surface area contributed by atoms with Crippen LogP contribution >= 0.6 is 0 Å². The van der Waals surface area contributed by atoms with Crippen LogP contribution in [-0.2, 0) is 19.1 Å². The molecule has 0 aliphatic heterocycles. The van der Waals surface area contributed by atoms with Gasteiger partial charge in [0.05, 0.1) is 26.4 Å². The van der Waals surface area contributed by atoms with Crippen molar-refractivity contribution in [1.29, 1.82) is 0 Å². The van der Waals surface area contributed by atoms with Crippen LogP contribution in [0.15, 0.2) is 72.8 Å². The lowest BCUT2D eigenvalue weighted by atomic mass is 10.1. The van der Waals surface area contributed by atoms with Gasteiger partial charge in [-0.2, -0.15) is 0 Å². The van der Waals surface area contributed by atoms with E-state index in [0.717, 1.165) is 74.0 Å². The van der Waals surface area contributed by atoms with Crippen LogP contribution in [0.2, 0.25) is 0 Å². The summed E-state index contributed by atoms with van der Waals surface area (Å²) in [5, 5.41) is 0. The van der Waals surface area contributed by atoms with Crippen molar-refractivity contribution in [1.82, 2.24) is 0 Å². The first-order valence-corrected chi connectivity index (χ1v) is 14.1. The van der Waals surface area contributed by atoms with Gasteiger partial charge in [-0.3, -0.25) is 0 Å². The summed E-state index contributed by atoms with van der Waals surface area (Å²) < 4.78 is 21.9. The average molecular weight is 549 g/mol. The number of rotatable bonds is 20. The Bertz CT molecular complexity index is 995. The van der Waals surface area contributed by atoms with Gasteiger partial charge >= 0.3 is 11.9 Å². The second-order valence-corrected chi connectivity index (χ2v) is 9.83. The van der Waals surface area contributed by atoms with Gasteiger partial charge in [-0.25, -0.2) is 9.59 Å². The van der Waals surface area contributed by atoms with Crippen LogP contribution in [0.4, 0.5) is 0 Å². The average Bonchev–Trinajstić information content (AvgIpc) is 2.95. The van der Waals surface area contributed by atoms with Crippen molar-refractivity contribution in [2.75, 3.05) is 26.4 Å². The number of carbonyl (C=O) groups is 2. The molecule has 0 fully saturated rings. The Labute approximate surface area is 239 Å². The minimum atomic E-state index is -0.318. The molecule has 0 aromatic heterocycles. The predicted molar refractivity (Wildman–Crippen MR) is 161 cm³/mol. The van der Waals surface area contributed by atoms with Gasteiger partial charge in [0.2, 0.25) is 0 Å². The first kappa shape index (κ1) is 32.4. The zero-order chi connectivity index (χ0) is 29.0. The van der Waals surface area contributed by atoms with Gasteiger partial charge in [-0.15, -0.1) is 0 Å². The number of benzene rings is 2. The van der Waals surface area contributed by atoms with Crippen molar-refractivity contribution in [3.8, 4) is 11.5 Å². The van der Waals surface area contributed by atoms with Crippen LogP contribution in [0.3, 0.4) is 0 Å². The molecular weight excluding hydrogens is 504 g/mol. The van der Waals surface area contributed by atoms with Gasteiger partial charge in [-0.05, 0) is 101 Å². The van der Waals surface area contributed by atoms with E-state index in [0.29, 0.717) is 37.6 Å². The Morgan fingerprint density at radius 2 is 0.875 bits per heavy atom. The minimum Gasteiger partial charge on any atom is -0.494 e. The van der Waals surface area contributed by atoms with Gasteiger partial charge in [0.15, 0.2) is 0 Å². The van der Waals surface area contributed by atoms with E-state index in [1.807, 2.05) is 48.5 Å². The fourth-order valence-electron chi connectivity index (χ4n) is 3.61. The van der Waals surface area contributed by atoms with Crippen molar-refractivity contribution in [2.45, 2.75) is 65.2 Å². The van der Waals surface area contributed by atoms with Crippen LogP contribution < -0.4 is 9.47 Å². The Hall–Kier alpha value is -3.80. The number of unbranched alkanes of at least 4 members (excludes halogenated alkanes) is 6. The van der Waals surface area contributed by atoms with Crippen LogP contribution in [0.5, 0.6) is 11.5 Å². The SMILES string of the molecule is C=C(C)C(=O)OCCCCCCOc1ccc(/C=C/c2ccc(OCCCCCCOC(=O)C(=C)C)cc2)cc1. The van der Waals surface area contributed by atoms with E-state index in [1.54, 1.807) is 13.8 Å². The van der Waals surface area contributed by atoms with Crippen molar-refractivity contribution in [3.05, 3.63) is 84.0 Å². The smallest absolute Gasteiger partial charge is 0.333 e. The second kappa shape index (κ2) is 19.3. The monoisotopic (exact) mass is 548 g/mol. The number of ether oxygens (including phenoxy) is 4. The molecule has 2 aromatic carbocycles. The summed E-state index contributed by atoms with van der Waals surface area (Å²) in [5.74, 6) is 1.09. The Morgan fingerprint density at radius 3 is 1.20 bits per heavy atom. The summed E-state index contributed by atoms with van der Waals surface area (Å²) in [6, 6.07) is 16.1. The first-order chi connectivity index (χ1) is 19.3. The summed E-state index contributed by atoms with van der Waals surface area (Å²) in [6.07, 6.45) is 11.9. The number of carbonyl (C=O) groups excluding carboxylic acids is 2. The lowest BCUT2D eigenvalue weighted by Crippen LogP contribution is -2.06. The van der Waals surface area contributed by atoms with E-state index in [1.165, 1.54) is 0 Å². The third-order valence-corrected chi connectivity index (χ3v) is 6.01. The minimum absolute atomic E-state index is 0.318. The molecule has 0 saturated carbocycles. The van der Waals surface area contributed by atoms with E-state index >= 15 is 0 Å². The molecule has 0 radical (unpaired) electrons. The third-order valence-electron chi connectivity index (χ3n) is 6.01. The number of hydrogen-bond acceptors (Lipinski definition) is 6. The molecule has 2 rings (SSSR count). The topological polar surface area (TPSA) is 71.1 Å². The number of hydrogen-bond donors (Lipinski definition) is 0. The fourth-order valence-corrected chi connectivity index (χ4v) is 3.61. The molecule has 6 heteroatoms.